The summed E-state index contributed by atoms with van der Waals surface area (Å²) in [6.45, 7) is 1.71. The Kier molecular flexibility index (Phi) is 5.52. The molecule has 0 saturated heterocycles. The van der Waals surface area contributed by atoms with Gasteiger partial charge in [0, 0.05) is 5.02 Å². The number of nitrogens with one attached hydrogen (secondary N) is 1. The van der Waals surface area contributed by atoms with Crippen LogP contribution in [0.3, 0.4) is 0 Å². The van der Waals surface area contributed by atoms with E-state index in [2.05, 4.69) is 5.32 Å². The average molecular weight is 322 g/mol. The van der Waals surface area contributed by atoms with E-state index < -0.39 is 12.1 Å². The number of halogens is 2. The second-order valence-electron chi connectivity index (χ2n) is 5.16. The lowest BCUT2D eigenvalue weighted by Crippen LogP contribution is -2.37. The molecule has 22 heavy (non-hydrogen) atoms. The second kappa shape index (κ2) is 7.38. The zero-order chi connectivity index (χ0) is 16.1. The Bertz CT molecular complexity index is 645. The van der Waals surface area contributed by atoms with Crippen molar-refractivity contribution in [3.8, 4) is 0 Å². The molecular weight excluding hydrogens is 305 g/mol. The summed E-state index contributed by atoms with van der Waals surface area (Å²) in [6.07, 6.45) is -0.774. The molecule has 0 aromatic heterocycles. The number of hydrogen-bond acceptors (Lipinski definition) is 2. The van der Waals surface area contributed by atoms with Crippen LogP contribution >= 0.6 is 11.6 Å². The van der Waals surface area contributed by atoms with Gasteiger partial charge in [-0.3, -0.25) is 4.79 Å². The maximum absolute atomic E-state index is 13.1. The molecule has 116 valence electrons. The minimum Gasteiger partial charge on any atom is -0.386 e. The quantitative estimate of drug-likeness (QED) is 0.888. The van der Waals surface area contributed by atoms with E-state index in [1.165, 1.54) is 12.1 Å². The number of aliphatic hydroxyl groups excluding tert-OH is 1. The van der Waals surface area contributed by atoms with Crippen molar-refractivity contribution in [1.29, 1.82) is 0 Å². The highest BCUT2D eigenvalue weighted by Crippen LogP contribution is 2.19. The highest BCUT2D eigenvalue weighted by Gasteiger charge is 2.18. The van der Waals surface area contributed by atoms with Gasteiger partial charge < -0.3 is 10.4 Å². The van der Waals surface area contributed by atoms with Gasteiger partial charge in [-0.25, -0.2) is 4.39 Å². The Morgan fingerprint density at radius 2 is 1.95 bits per heavy atom. The van der Waals surface area contributed by atoms with Gasteiger partial charge in [-0.05, 0) is 42.3 Å². The third-order valence-electron chi connectivity index (χ3n) is 3.33. The summed E-state index contributed by atoms with van der Waals surface area (Å²) in [7, 11) is 0. The summed E-state index contributed by atoms with van der Waals surface area (Å²) in [6, 6.07) is 12.2. The van der Waals surface area contributed by atoms with Gasteiger partial charge in [0.25, 0.3) is 0 Å². The van der Waals surface area contributed by atoms with Crippen molar-refractivity contribution in [1.82, 2.24) is 5.32 Å². The predicted octanol–water partition coefficient (Wildman–Crippen LogP) is 3.26. The molecule has 2 rings (SSSR count). The van der Waals surface area contributed by atoms with Crippen molar-refractivity contribution in [3.63, 3.8) is 0 Å². The fourth-order valence-electron chi connectivity index (χ4n) is 2.16. The number of carbonyl (C=O) groups is 1. The third-order valence-corrected chi connectivity index (χ3v) is 3.58. The fourth-order valence-corrected chi connectivity index (χ4v) is 2.29. The van der Waals surface area contributed by atoms with E-state index in [9.17, 15) is 14.3 Å². The van der Waals surface area contributed by atoms with Crippen LogP contribution in [0.5, 0.6) is 0 Å². The summed E-state index contributed by atoms with van der Waals surface area (Å²) in [5, 5.41) is 13.5. The SMILES string of the molecule is CC(NC(=O)Cc1cccc(F)c1)C(O)c1ccc(Cl)cc1. The molecule has 0 fully saturated rings. The lowest BCUT2D eigenvalue weighted by atomic mass is 10.0. The van der Waals surface area contributed by atoms with Crippen LogP contribution in [0.2, 0.25) is 5.02 Å². The first kappa shape index (κ1) is 16.5. The molecule has 2 atom stereocenters. The van der Waals surface area contributed by atoms with Gasteiger partial charge in [0.05, 0.1) is 18.6 Å². The molecule has 2 unspecified atom stereocenters. The van der Waals surface area contributed by atoms with Crippen molar-refractivity contribution in [2.24, 2.45) is 0 Å². The Hall–Kier alpha value is -1.91. The number of hydrogen-bond donors (Lipinski definition) is 2. The fraction of sp³-hybridized carbons (Fsp3) is 0.235. The van der Waals surface area contributed by atoms with Crippen LogP contribution in [0.4, 0.5) is 4.39 Å². The van der Waals surface area contributed by atoms with Crippen LogP contribution in [-0.4, -0.2) is 17.1 Å². The lowest BCUT2D eigenvalue weighted by molar-refractivity contribution is -0.121. The minimum absolute atomic E-state index is 0.0649. The molecule has 3 nitrogen and oxygen atoms in total. The van der Waals surface area contributed by atoms with Gasteiger partial charge in [0.1, 0.15) is 5.82 Å². The van der Waals surface area contributed by atoms with Crippen molar-refractivity contribution >= 4 is 17.5 Å². The number of amides is 1. The first-order valence-corrected chi connectivity index (χ1v) is 7.31. The van der Waals surface area contributed by atoms with E-state index >= 15 is 0 Å². The highest BCUT2D eigenvalue weighted by molar-refractivity contribution is 6.30. The zero-order valence-corrected chi connectivity index (χ0v) is 12.8. The monoisotopic (exact) mass is 321 g/mol. The normalized spacial score (nSPS) is 13.5. The first-order valence-electron chi connectivity index (χ1n) is 6.93. The third kappa shape index (κ3) is 4.55. The van der Waals surface area contributed by atoms with Crippen LogP contribution in [-0.2, 0) is 11.2 Å². The van der Waals surface area contributed by atoms with Gasteiger partial charge in [-0.2, -0.15) is 0 Å². The number of aliphatic hydroxyl groups is 1. The zero-order valence-electron chi connectivity index (χ0n) is 12.1. The largest absolute Gasteiger partial charge is 0.386 e. The van der Waals surface area contributed by atoms with Crippen LogP contribution in [0.15, 0.2) is 48.5 Å². The van der Waals surface area contributed by atoms with Crippen molar-refractivity contribution in [3.05, 3.63) is 70.5 Å². The van der Waals surface area contributed by atoms with E-state index in [0.29, 0.717) is 16.1 Å². The van der Waals surface area contributed by atoms with Gasteiger partial charge in [-0.1, -0.05) is 35.9 Å². The summed E-state index contributed by atoms with van der Waals surface area (Å²) in [5.41, 5.74) is 1.26. The van der Waals surface area contributed by atoms with E-state index in [-0.39, 0.29) is 18.1 Å². The van der Waals surface area contributed by atoms with Crippen LogP contribution in [0.25, 0.3) is 0 Å². The molecule has 1 amide bonds. The molecule has 0 aliphatic carbocycles. The van der Waals surface area contributed by atoms with Crippen molar-refractivity contribution in [2.45, 2.75) is 25.5 Å². The Morgan fingerprint density at radius 1 is 1.27 bits per heavy atom. The molecule has 0 bridgehead atoms. The summed E-state index contributed by atoms with van der Waals surface area (Å²) < 4.78 is 13.1. The molecule has 0 saturated carbocycles. The minimum atomic E-state index is -0.839. The Labute approximate surface area is 133 Å². The van der Waals surface area contributed by atoms with Crippen molar-refractivity contribution in [2.75, 3.05) is 0 Å². The molecule has 0 aliphatic rings. The predicted molar refractivity (Wildman–Crippen MR) is 84.1 cm³/mol. The van der Waals surface area contributed by atoms with Gasteiger partial charge in [0.2, 0.25) is 5.91 Å². The molecule has 0 spiro atoms. The smallest absolute Gasteiger partial charge is 0.224 e. The molecule has 5 heteroatoms. The maximum Gasteiger partial charge on any atom is 0.224 e. The highest BCUT2D eigenvalue weighted by atomic mass is 35.5. The van der Waals surface area contributed by atoms with Crippen LogP contribution in [0.1, 0.15) is 24.2 Å². The average Bonchev–Trinajstić information content (AvgIpc) is 2.47. The second-order valence-corrected chi connectivity index (χ2v) is 5.60. The maximum atomic E-state index is 13.1. The number of rotatable bonds is 5. The van der Waals surface area contributed by atoms with Crippen molar-refractivity contribution < 1.29 is 14.3 Å². The molecular formula is C17H17ClFNO2. The van der Waals surface area contributed by atoms with Gasteiger partial charge in [-0.15, -0.1) is 0 Å². The Balaban J connectivity index is 1.94. The molecule has 0 heterocycles. The summed E-state index contributed by atoms with van der Waals surface area (Å²) in [5.74, 6) is -0.648. The molecule has 2 aromatic carbocycles. The number of carbonyl (C=O) groups excluding carboxylic acids is 1. The summed E-state index contributed by atoms with van der Waals surface area (Å²) >= 11 is 5.80. The molecule has 2 N–H and O–H groups in total. The number of benzene rings is 2. The van der Waals surface area contributed by atoms with Crippen LogP contribution in [0, 0.1) is 5.82 Å². The standard InChI is InChI=1S/C17H17ClFNO2/c1-11(17(22)13-5-7-14(18)8-6-13)20-16(21)10-12-3-2-4-15(19)9-12/h2-9,11,17,22H,10H2,1H3,(H,20,21). The lowest BCUT2D eigenvalue weighted by Gasteiger charge is -2.20. The van der Waals surface area contributed by atoms with Gasteiger partial charge >= 0.3 is 0 Å². The van der Waals surface area contributed by atoms with Gasteiger partial charge in [0.15, 0.2) is 0 Å². The Morgan fingerprint density at radius 3 is 2.59 bits per heavy atom. The van der Waals surface area contributed by atoms with E-state index in [1.54, 1.807) is 43.3 Å². The topological polar surface area (TPSA) is 49.3 Å². The van der Waals surface area contributed by atoms with E-state index in [1.807, 2.05) is 0 Å². The molecule has 0 radical (unpaired) electrons. The first-order chi connectivity index (χ1) is 10.5. The van der Waals surface area contributed by atoms with E-state index in [4.69, 9.17) is 11.6 Å². The molecule has 2 aromatic rings. The van der Waals surface area contributed by atoms with Crippen LogP contribution < -0.4 is 5.32 Å². The van der Waals surface area contributed by atoms with E-state index in [0.717, 1.165) is 0 Å². The molecule has 0 aliphatic heterocycles. The summed E-state index contributed by atoms with van der Waals surface area (Å²) in [4.78, 5) is 12.0.